The normalized spacial score (nSPS) is 14.5. The van der Waals surface area contributed by atoms with E-state index in [9.17, 15) is 0 Å². The second kappa shape index (κ2) is 6.65. The maximum Gasteiger partial charge on any atom is -0.00247 e. The van der Waals surface area contributed by atoms with E-state index in [4.69, 9.17) is 0 Å². The van der Waals surface area contributed by atoms with E-state index in [1.54, 1.807) is 0 Å². The first-order chi connectivity index (χ1) is 5.26. The lowest BCUT2D eigenvalue weighted by molar-refractivity contribution is 1.20. The summed E-state index contributed by atoms with van der Waals surface area (Å²) >= 11 is 2.39. The topological polar surface area (TPSA) is 0 Å². The largest absolute Gasteiger partial charge is 0.0870 e. The summed E-state index contributed by atoms with van der Waals surface area (Å²) in [7, 11) is 0. The van der Waals surface area contributed by atoms with Crippen molar-refractivity contribution in [2.24, 2.45) is 0 Å². The molecule has 0 aliphatic carbocycles. The van der Waals surface area contributed by atoms with Gasteiger partial charge in [0.05, 0.1) is 0 Å². The quantitative estimate of drug-likeness (QED) is 0.527. The summed E-state index contributed by atoms with van der Waals surface area (Å²) in [4.78, 5) is 0. The zero-order valence-corrected chi connectivity index (χ0v) is 9.55. The Hall–Kier alpha value is -0.0500. The highest BCUT2D eigenvalue weighted by atomic mass is 127. The Morgan fingerprint density at radius 1 is 1.18 bits per heavy atom. The van der Waals surface area contributed by atoms with Crippen molar-refractivity contribution < 1.29 is 0 Å². The number of halogens is 1. The molecule has 0 aromatic heterocycles. The van der Waals surface area contributed by atoms with Crippen molar-refractivity contribution in [2.45, 2.75) is 27.2 Å². The van der Waals surface area contributed by atoms with Gasteiger partial charge in [-0.25, -0.2) is 0 Å². The molecule has 0 N–H and O–H groups in total. The van der Waals surface area contributed by atoms with Crippen LogP contribution in [0.3, 0.4) is 0 Å². The Kier molecular flexibility index (Phi) is 6.62. The van der Waals surface area contributed by atoms with Crippen LogP contribution in [0.5, 0.6) is 0 Å². The predicted octanol–water partition coefficient (Wildman–Crippen LogP) is 4.24. The van der Waals surface area contributed by atoms with Crippen LogP contribution in [0.25, 0.3) is 0 Å². The van der Waals surface area contributed by atoms with Gasteiger partial charge in [0.25, 0.3) is 0 Å². The lowest BCUT2D eigenvalue weighted by Crippen LogP contribution is -1.75. The van der Waals surface area contributed by atoms with Crippen LogP contribution in [-0.2, 0) is 0 Å². The van der Waals surface area contributed by atoms with E-state index < -0.39 is 0 Å². The molecule has 0 saturated carbocycles. The number of allylic oxidation sites excluding steroid dienone is 6. The predicted molar refractivity (Wildman–Crippen MR) is 61.0 cm³/mol. The highest BCUT2D eigenvalue weighted by Crippen LogP contribution is 2.18. The fourth-order valence-corrected chi connectivity index (χ4v) is 1.16. The van der Waals surface area contributed by atoms with E-state index in [0.29, 0.717) is 0 Å². The maximum atomic E-state index is 2.39. The summed E-state index contributed by atoms with van der Waals surface area (Å²) in [6.07, 6.45) is 9.55. The summed E-state index contributed by atoms with van der Waals surface area (Å²) in [6.45, 7) is 6.26. The summed E-state index contributed by atoms with van der Waals surface area (Å²) in [5.74, 6) is 0. The van der Waals surface area contributed by atoms with Crippen molar-refractivity contribution in [3.8, 4) is 0 Å². The third kappa shape index (κ3) is 4.40. The third-order valence-electron chi connectivity index (χ3n) is 1.32. The van der Waals surface area contributed by atoms with Gasteiger partial charge in [-0.1, -0.05) is 31.2 Å². The van der Waals surface area contributed by atoms with Crippen molar-refractivity contribution >= 4 is 22.6 Å². The minimum atomic E-state index is 1.12. The van der Waals surface area contributed by atoms with Gasteiger partial charge in [-0.15, -0.1) is 0 Å². The SMILES string of the molecule is C\C=C/C(/C=C/C)=C(/I)CC. The standard InChI is InChI=1S/C10H15I/c1-4-7-9(8-5-2)10(11)6-3/h4-5,7-8H,6H2,1-3H3/b7-4-,8-5+,10-9-. The molecule has 0 aromatic rings. The highest BCUT2D eigenvalue weighted by Gasteiger charge is 1.92. The van der Waals surface area contributed by atoms with Crippen LogP contribution in [0.4, 0.5) is 0 Å². The van der Waals surface area contributed by atoms with Crippen LogP contribution >= 0.6 is 22.6 Å². The van der Waals surface area contributed by atoms with Crippen LogP contribution in [0.1, 0.15) is 27.2 Å². The van der Waals surface area contributed by atoms with Crippen molar-refractivity contribution in [2.75, 3.05) is 0 Å². The van der Waals surface area contributed by atoms with Gasteiger partial charge in [0, 0.05) is 0 Å². The minimum absolute atomic E-state index is 1.12. The van der Waals surface area contributed by atoms with E-state index in [0.717, 1.165) is 6.42 Å². The molecular weight excluding hydrogens is 247 g/mol. The Morgan fingerprint density at radius 2 is 1.64 bits per heavy atom. The molecule has 1 heteroatoms. The number of rotatable bonds is 3. The molecule has 0 heterocycles. The maximum absolute atomic E-state index is 2.39. The fourth-order valence-electron chi connectivity index (χ4n) is 0.800. The average Bonchev–Trinajstić information content (AvgIpc) is 2.03. The molecule has 0 unspecified atom stereocenters. The second-order valence-corrected chi connectivity index (χ2v) is 3.52. The summed E-state index contributed by atoms with van der Waals surface area (Å²) in [6, 6.07) is 0. The Morgan fingerprint density at radius 3 is 1.91 bits per heavy atom. The molecule has 0 atom stereocenters. The number of hydrogen-bond donors (Lipinski definition) is 0. The molecule has 62 valence electrons. The van der Waals surface area contributed by atoms with Gasteiger partial charge < -0.3 is 0 Å². The molecule has 0 nitrogen and oxygen atoms in total. The monoisotopic (exact) mass is 262 g/mol. The molecule has 0 fully saturated rings. The van der Waals surface area contributed by atoms with E-state index in [1.165, 1.54) is 9.15 Å². The van der Waals surface area contributed by atoms with Crippen LogP contribution < -0.4 is 0 Å². The number of hydrogen-bond acceptors (Lipinski definition) is 0. The van der Waals surface area contributed by atoms with Crippen LogP contribution in [-0.4, -0.2) is 0 Å². The molecule has 0 aromatic carbocycles. The molecule has 0 amide bonds. The average molecular weight is 262 g/mol. The molecule has 0 bridgehead atoms. The molecule has 0 aliphatic heterocycles. The van der Waals surface area contributed by atoms with Crippen LogP contribution in [0.15, 0.2) is 33.5 Å². The highest BCUT2D eigenvalue weighted by molar-refractivity contribution is 14.1. The molecule has 0 aliphatic rings. The smallest absolute Gasteiger partial charge is 0.00247 e. The molecule has 0 saturated heterocycles. The molecule has 0 rings (SSSR count). The first-order valence-corrected chi connectivity index (χ1v) is 4.98. The van der Waals surface area contributed by atoms with Gasteiger partial charge in [-0.2, -0.15) is 0 Å². The van der Waals surface area contributed by atoms with E-state index in [1.807, 2.05) is 13.8 Å². The molecule has 11 heavy (non-hydrogen) atoms. The van der Waals surface area contributed by atoms with Crippen molar-refractivity contribution in [3.63, 3.8) is 0 Å². The van der Waals surface area contributed by atoms with Crippen molar-refractivity contribution in [3.05, 3.63) is 33.5 Å². The van der Waals surface area contributed by atoms with Crippen molar-refractivity contribution in [1.82, 2.24) is 0 Å². The lowest BCUT2D eigenvalue weighted by atomic mass is 10.2. The van der Waals surface area contributed by atoms with Gasteiger partial charge >= 0.3 is 0 Å². The van der Waals surface area contributed by atoms with Gasteiger partial charge in [0.15, 0.2) is 0 Å². The van der Waals surface area contributed by atoms with Gasteiger partial charge in [-0.3, -0.25) is 0 Å². The molecule has 0 radical (unpaired) electrons. The molecular formula is C10H15I. The van der Waals surface area contributed by atoms with E-state index in [-0.39, 0.29) is 0 Å². The zero-order valence-electron chi connectivity index (χ0n) is 7.39. The second-order valence-electron chi connectivity index (χ2n) is 2.21. The summed E-state index contributed by atoms with van der Waals surface area (Å²) in [5, 5.41) is 0. The van der Waals surface area contributed by atoms with Crippen LogP contribution in [0, 0.1) is 0 Å². The fraction of sp³-hybridized carbons (Fsp3) is 0.400. The summed E-state index contributed by atoms with van der Waals surface area (Å²) in [5.41, 5.74) is 1.33. The van der Waals surface area contributed by atoms with Crippen LogP contribution in [0.2, 0.25) is 0 Å². The lowest BCUT2D eigenvalue weighted by Gasteiger charge is -1.97. The Labute approximate surface area is 83.2 Å². The first kappa shape index (κ1) is 11.0. The van der Waals surface area contributed by atoms with Crippen molar-refractivity contribution in [1.29, 1.82) is 0 Å². The Bertz CT molecular complexity index is 171. The first-order valence-electron chi connectivity index (χ1n) is 3.90. The van der Waals surface area contributed by atoms with Gasteiger partial charge in [-0.05, 0) is 52.0 Å². The third-order valence-corrected chi connectivity index (χ3v) is 2.70. The minimum Gasteiger partial charge on any atom is -0.0870 e. The summed E-state index contributed by atoms with van der Waals surface area (Å²) < 4.78 is 1.42. The Balaban J connectivity index is 4.56. The van der Waals surface area contributed by atoms with Gasteiger partial charge in [0.2, 0.25) is 0 Å². The van der Waals surface area contributed by atoms with E-state index >= 15 is 0 Å². The zero-order chi connectivity index (χ0) is 8.69. The van der Waals surface area contributed by atoms with E-state index in [2.05, 4.69) is 53.8 Å². The van der Waals surface area contributed by atoms with Gasteiger partial charge in [0.1, 0.15) is 0 Å². The molecule has 0 spiro atoms.